The highest BCUT2D eigenvalue weighted by Crippen LogP contribution is 2.31. The maximum absolute atomic E-state index is 12.8. The van der Waals surface area contributed by atoms with E-state index in [0.717, 1.165) is 0 Å². The van der Waals surface area contributed by atoms with Gasteiger partial charge in [0.15, 0.2) is 0 Å². The predicted molar refractivity (Wildman–Crippen MR) is 116 cm³/mol. The van der Waals surface area contributed by atoms with Crippen LogP contribution in [-0.4, -0.2) is 48.2 Å². The summed E-state index contributed by atoms with van der Waals surface area (Å²) in [6.07, 6.45) is -0.277. The molecule has 2 aromatic carbocycles. The van der Waals surface area contributed by atoms with Crippen LogP contribution < -0.4 is 16.0 Å². The van der Waals surface area contributed by atoms with Gasteiger partial charge in [0.05, 0.1) is 10.1 Å². The van der Waals surface area contributed by atoms with E-state index in [2.05, 4.69) is 5.32 Å². The number of hydrogen-bond donors (Lipinski definition) is 3. The topological polar surface area (TPSA) is 147 Å². The van der Waals surface area contributed by atoms with Crippen LogP contribution in [-0.2, 0) is 24.5 Å². The van der Waals surface area contributed by atoms with Gasteiger partial charge in [-0.2, -0.15) is 8.42 Å². The highest BCUT2D eigenvalue weighted by molar-refractivity contribution is 14.1. The van der Waals surface area contributed by atoms with E-state index in [1.807, 2.05) is 22.6 Å². The second-order valence-electron chi connectivity index (χ2n) is 6.10. The Bertz CT molecular complexity index is 1040. The number of benzene rings is 2. The maximum Gasteiger partial charge on any atom is 0.295 e. The van der Waals surface area contributed by atoms with Crippen LogP contribution in [0.1, 0.15) is 12.8 Å². The first-order valence-corrected chi connectivity index (χ1v) is 11.5. The van der Waals surface area contributed by atoms with Crippen molar-refractivity contribution in [3.63, 3.8) is 0 Å². The first-order valence-electron chi connectivity index (χ1n) is 8.55. The Hall–Kier alpha value is -2.25. The highest BCUT2D eigenvalue weighted by atomic mass is 127. The lowest BCUT2D eigenvalue weighted by Gasteiger charge is -2.25. The maximum atomic E-state index is 12.8. The minimum Gasteiger partial charge on any atom is -0.370 e. The SMILES string of the molecule is NC(=O)CCC(=O)N(CCNC(=O)CI)c1cccc2c(S(=O)(=O)O)cccc12. The molecule has 156 valence electrons. The number of amides is 3. The predicted octanol–water partition coefficient (Wildman–Crippen LogP) is 1.24. The second-order valence-corrected chi connectivity index (χ2v) is 8.25. The zero-order valence-electron chi connectivity index (χ0n) is 15.3. The largest absolute Gasteiger partial charge is 0.370 e. The third kappa shape index (κ3) is 6.11. The molecular weight excluding hydrogens is 513 g/mol. The van der Waals surface area contributed by atoms with Crippen molar-refractivity contribution in [2.75, 3.05) is 22.4 Å². The standard InChI is InChI=1S/C18H20IN3O6S/c19-11-17(24)21-9-10-22(18(25)8-7-16(20)23)14-5-1-4-13-12(14)3-2-6-15(13)29(26,27)28/h1-6H,7-11H2,(H2,20,23)(H,21,24)(H,26,27,28). The molecule has 0 radical (unpaired) electrons. The van der Waals surface area contributed by atoms with Crippen LogP contribution in [0.25, 0.3) is 10.8 Å². The van der Waals surface area contributed by atoms with Crippen LogP contribution >= 0.6 is 22.6 Å². The van der Waals surface area contributed by atoms with Crippen molar-refractivity contribution in [3.05, 3.63) is 36.4 Å². The third-order valence-corrected chi connectivity index (χ3v) is 5.70. The van der Waals surface area contributed by atoms with Crippen molar-refractivity contribution in [1.82, 2.24) is 5.32 Å². The van der Waals surface area contributed by atoms with E-state index in [4.69, 9.17) is 5.73 Å². The molecule has 0 aliphatic carbocycles. The molecular formula is C18H20IN3O6S. The van der Waals surface area contributed by atoms with Gasteiger partial charge in [-0.15, -0.1) is 0 Å². The third-order valence-electron chi connectivity index (χ3n) is 4.09. The molecule has 3 amide bonds. The van der Waals surface area contributed by atoms with Gasteiger partial charge in [-0.05, 0) is 12.1 Å². The number of hydrogen-bond acceptors (Lipinski definition) is 5. The van der Waals surface area contributed by atoms with Crippen molar-refractivity contribution >= 4 is 66.9 Å². The van der Waals surface area contributed by atoms with Gasteiger partial charge in [0.25, 0.3) is 10.1 Å². The number of rotatable bonds is 9. The summed E-state index contributed by atoms with van der Waals surface area (Å²) in [5.41, 5.74) is 5.53. The fraction of sp³-hybridized carbons (Fsp3) is 0.278. The van der Waals surface area contributed by atoms with Crippen molar-refractivity contribution < 1.29 is 27.4 Å². The molecule has 9 nitrogen and oxygen atoms in total. The lowest BCUT2D eigenvalue weighted by Crippen LogP contribution is -2.39. The Morgan fingerprint density at radius 3 is 2.34 bits per heavy atom. The number of anilines is 1. The molecule has 0 bridgehead atoms. The summed E-state index contributed by atoms with van der Waals surface area (Å²) in [4.78, 5) is 36.4. The Morgan fingerprint density at radius 1 is 1.07 bits per heavy atom. The Morgan fingerprint density at radius 2 is 1.72 bits per heavy atom. The molecule has 0 heterocycles. The molecule has 0 atom stereocenters. The average Bonchev–Trinajstić information content (AvgIpc) is 2.67. The molecule has 0 aromatic heterocycles. The van der Waals surface area contributed by atoms with Crippen LogP contribution in [0.3, 0.4) is 0 Å². The van der Waals surface area contributed by atoms with Crippen molar-refractivity contribution in [3.8, 4) is 0 Å². The summed E-state index contributed by atoms with van der Waals surface area (Å²) in [6.45, 7) is 0.272. The van der Waals surface area contributed by atoms with E-state index < -0.39 is 21.9 Å². The van der Waals surface area contributed by atoms with Crippen LogP contribution in [0.4, 0.5) is 5.69 Å². The molecule has 0 aliphatic heterocycles. The number of alkyl halides is 1. The normalized spacial score (nSPS) is 11.2. The van der Waals surface area contributed by atoms with Crippen LogP contribution in [0.2, 0.25) is 0 Å². The molecule has 4 N–H and O–H groups in total. The first-order chi connectivity index (χ1) is 13.6. The van der Waals surface area contributed by atoms with Gasteiger partial charge in [0.2, 0.25) is 17.7 Å². The molecule has 0 fully saturated rings. The zero-order chi connectivity index (χ0) is 21.6. The number of nitrogens with one attached hydrogen (secondary N) is 1. The summed E-state index contributed by atoms with van der Waals surface area (Å²) in [5.74, 6) is -1.22. The van der Waals surface area contributed by atoms with E-state index in [0.29, 0.717) is 11.1 Å². The van der Waals surface area contributed by atoms with E-state index in [-0.39, 0.29) is 46.5 Å². The van der Waals surface area contributed by atoms with Crippen LogP contribution in [0.5, 0.6) is 0 Å². The zero-order valence-corrected chi connectivity index (χ0v) is 18.3. The lowest BCUT2D eigenvalue weighted by molar-refractivity contribution is -0.123. The van der Waals surface area contributed by atoms with Gasteiger partial charge in [0, 0.05) is 36.7 Å². The fourth-order valence-electron chi connectivity index (χ4n) is 2.82. The van der Waals surface area contributed by atoms with E-state index >= 15 is 0 Å². The Kier molecular flexibility index (Phi) is 7.93. The summed E-state index contributed by atoms with van der Waals surface area (Å²) in [5, 5.41) is 3.34. The molecule has 0 aliphatic rings. The number of nitrogens with two attached hydrogens (primary N) is 1. The lowest BCUT2D eigenvalue weighted by atomic mass is 10.1. The Labute approximate surface area is 181 Å². The number of carbonyl (C=O) groups is 3. The van der Waals surface area contributed by atoms with Crippen molar-refractivity contribution in [1.29, 1.82) is 0 Å². The van der Waals surface area contributed by atoms with E-state index in [1.54, 1.807) is 18.2 Å². The summed E-state index contributed by atoms with van der Waals surface area (Å²) >= 11 is 1.91. The van der Waals surface area contributed by atoms with E-state index in [9.17, 15) is 27.4 Å². The fourth-order valence-corrected chi connectivity index (χ4v) is 3.80. The number of halogens is 1. The molecule has 0 spiro atoms. The minimum absolute atomic E-state index is 0.106. The molecule has 11 heteroatoms. The van der Waals surface area contributed by atoms with Gasteiger partial charge < -0.3 is 16.0 Å². The van der Waals surface area contributed by atoms with Crippen LogP contribution in [0.15, 0.2) is 41.3 Å². The number of primary amides is 1. The number of nitrogens with zero attached hydrogens (tertiary/aromatic N) is 1. The molecule has 0 unspecified atom stereocenters. The summed E-state index contributed by atoms with van der Waals surface area (Å²) in [7, 11) is -4.47. The molecule has 0 saturated heterocycles. The van der Waals surface area contributed by atoms with Gasteiger partial charge in [-0.1, -0.05) is 46.9 Å². The highest BCUT2D eigenvalue weighted by Gasteiger charge is 2.21. The monoisotopic (exact) mass is 533 g/mol. The molecule has 2 aromatic rings. The summed E-state index contributed by atoms with van der Waals surface area (Å²) in [6, 6.07) is 9.05. The van der Waals surface area contributed by atoms with Gasteiger partial charge in [-0.3, -0.25) is 18.9 Å². The van der Waals surface area contributed by atoms with Crippen molar-refractivity contribution in [2.24, 2.45) is 5.73 Å². The van der Waals surface area contributed by atoms with Gasteiger partial charge in [-0.25, -0.2) is 0 Å². The van der Waals surface area contributed by atoms with Gasteiger partial charge in [0.1, 0.15) is 4.90 Å². The molecule has 29 heavy (non-hydrogen) atoms. The number of carbonyl (C=O) groups excluding carboxylic acids is 3. The van der Waals surface area contributed by atoms with Crippen LogP contribution in [0, 0.1) is 0 Å². The van der Waals surface area contributed by atoms with Crippen molar-refractivity contribution in [2.45, 2.75) is 17.7 Å². The smallest absolute Gasteiger partial charge is 0.295 e. The quantitative estimate of drug-likeness (QED) is 0.251. The van der Waals surface area contributed by atoms with E-state index in [1.165, 1.54) is 23.1 Å². The number of fused-ring (bicyclic) bond motifs is 1. The first kappa shape index (κ1) is 23.0. The molecule has 2 rings (SSSR count). The molecule has 0 saturated carbocycles. The van der Waals surface area contributed by atoms with Gasteiger partial charge >= 0.3 is 0 Å². The Balaban J connectivity index is 2.48. The average molecular weight is 533 g/mol. The summed E-state index contributed by atoms with van der Waals surface area (Å²) < 4.78 is 33.1. The minimum atomic E-state index is -4.47. The second kappa shape index (κ2) is 9.98.